The number of carbonyl (C=O) groups is 1. The lowest BCUT2D eigenvalue weighted by atomic mass is 10.2. The quantitative estimate of drug-likeness (QED) is 0.847. The van der Waals surface area contributed by atoms with Crippen LogP contribution in [0, 0.1) is 6.92 Å². The van der Waals surface area contributed by atoms with Gasteiger partial charge in [0.15, 0.2) is 5.78 Å². The summed E-state index contributed by atoms with van der Waals surface area (Å²) in [6.45, 7) is 2.22. The first-order valence-electron chi connectivity index (χ1n) is 5.24. The SMILES string of the molecule is Cc1c(Cl)cccc1NCC(=O)c1cccs1. The molecule has 1 aromatic carbocycles. The van der Waals surface area contributed by atoms with Crippen molar-refractivity contribution in [1.82, 2.24) is 0 Å². The van der Waals surface area contributed by atoms with Gasteiger partial charge in [-0.25, -0.2) is 0 Å². The summed E-state index contributed by atoms with van der Waals surface area (Å²) in [7, 11) is 0. The number of benzene rings is 1. The van der Waals surface area contributed by atoms with E-state index in [0.717, 1.165) is 16.1 Å². The van der Waals surface area contributed by atoms with Crippen LogP contribution in [0.15, 0.2) is 35.7 Å². The molecule has 2 aromatic rings. The smallest absolute Gasteiger partial charge is 0.191 e. The first kappa shape index (κ1) is 12.1. The number of anilines is 1. The average molecular weight is 266 g/mol. The topological polar surface area (TPSA) is 29.1 Å². The molecule has 88 valence electrons. The van der Waals surface area contributed by atoms with E-state index in [1.165, 1.54) is 11.3 Å². The van der Waals surface area contributed by atoms with Crippen molar-refractivity contribution < 1.29 is 4.79 Å². The van der Waals surface area contributed by atoms with Gasteiger partial charge in [-0.1, -0.05) is 23.7 Å². The first-order valence-corrected chi connectivity index (χ1v) is 6.50. The standard InChI is InChI=1S/C13H12ClNOS/c1-9-10(14)4-2-5-11(9)15-8-12(16)13-6-3-7-17-13/h2-7,15H,8H2,1H3. The molecular weight excluding hydrogens is 254 g/mol. The number of rotatable bonds is 4. The molecule has 0 unspecified atom stereocenters. The fraction of sp³-hybridized carbons (Fsp3) is 0.154. The molecule has 0 atom stereocenters. The lowest BCUT2D eigenvalue weighted by molar-refractivity contribution is 0.101. The van der Waals surface area contributed by atoms with E-state index in [1.54, 1.807) is 0 Å². The molecule has 0 aliphatic heterocycles. The third kappa shape index (κ3) is 2.87. The molecule has 0 saturated carbocycles. The molecule has 1 aromatic heterocycles. The summed E-state index contributed by atoms with van der Waals surface area (Å²) in [5.41, 5.74) is 1.87. The Morgan fingerprint density at radius 2 is 2.18 bits per heavy atom. The van der Waals surface area contributed by atoms with E-state index in [2.05, 4.69) is 5.32 Å². The van der Waals surface area contributed by atoms with E-state index in [-0.39, 0.29) is 5.78 Å². The van der Waals surface area contributed by atoms with Crippen LogP contribution < -0.4 is 5.32 Å². The van der Waals surface area contributed by atoms with Gasteiger partial charge < -0.3 is 5.32 Å². The summed E-state index contributed by atoms with van der Waals surface area (Å²) in [6.07, 6.45) is 0. The number of carbonyl (C=O) groups excluding carboxylic acids is 1. The second-order valence-corrected chi connectivity index (χ2v) is 5.02. The number of thiophene rings is 1. The van der Waals surface area contributed by atoms with Gasteiger partial charge in [0.1, 0.15) is 0 Å². The van der Waals surface area contributed by atoms with Gasteiger partial charge >= 0.3 is 0 Å². The molecule has 0 fully saturated rings. The fourth-order valence-corrected chi connectivity index (χ4v) is 2.34. The van der Waals surface area contributed by atoms with Crippen LogP contribution in [-0.4, -0.2) is 12.3 Å². The Morgan fingerprint density at radius 1 is 1.35 bits per heavy atom. The van der Waals surface area contributed by atoms with Crippen LogP contribution in [0.1, 0.15) is 15.2 Å². The second kappa shape index (κ2) is 5.34. The summed E-state index contributed by atoms with van der Waals surface area (Å²) in [5, 5.41) is 5.72. The van der Waals surface area contributed by atoms with Crippen LogP contribution >= 0.6 is 22.9 Å². The summed E-state index contributed by atoms with van der Waals surface area (Å²) >= 11 is 7.46. The Balaban J connectivity index is 2.03. The van der Waals surface area contributed by atoms with Crippen LogP contribution in [0.4, 0.5) is 5.69 Å². The predicted octanol–water partition coefficient (Wildman–Crippen LogP) is 4.00. The molecule has 1 N–H and O–H groups in total. The van der Waals surface area contributed by atoms with E-state index in [1.807, 2.05) is 42.6 Å². The number of ketones is 1. The second-order valence-electron chi connectivity index (χ2n) is 3.67. The van der Waals surface area contributed by atoms with Crippen molar-refractivity contribution in [1.29, 1.82) is 0 Å². The van der Waals surface area contributed by atoms with Crippen LogP contribution in [-0.2, 0) is 0 Å². The van der Waals surface area contributed by atoms with Gasteiger partial charge in [0, 0.05) is 10.7 Å². The minimum atomic E-state index is 0.0966. The van der Waals surface area contributed by atoms with Crippen molar-refractivity contribution in [2.24, 2.45) is 0 Å². The molecule has 0 bridgehead atoms. The number of hydrogen-bond acceptors (Lipinski definition) is 3. The largest absolute Gasteiger partial charge is 0.377 e. The average Bonchev–Trinajstić information content (AvgIpc) is 2.84. The summed E-state index contributed by atoms with van der Waals surface area (Å²) < 4.78 is 0. The Hall–Kier alpha value is -1.32. The first-order chi connectivity index (χ1) is 8.18. The number of hydrogen-bond donors (Lipinski definition) is 1. The Bertz CT molecular complexity index is 522. The third-order valence-corrected chi connectivity index (χ3v) is 3.82. The van der Waals surface area contributed by atoms with Gasteiger partial charge in [0.25, 0.3) is 0 Å². The minimum absolute atomic E-state index is 0.0966. The molecule has 2 nitrogen and oxygen atoms in total. The van der Waals surface area contributed by atoms with Crippen LogP contribution in [0.3, 0.4) is 0 Å². The zero-order valence-corrected chi connectivity index (χ0v) is 10.9. The monoisotopic (exact) mass is 265 g/mol. The molecule has 1 heterocycles. The van der Waals surface area contributed by atoms with Gasteiger partial charge in [-0.05, 0) is 36.1 Å². The molecule has 0 saturated heterocycles. The van der Waals surface area contributed by atoms with E-state index in [9.17, 15) is 4.79 Å². The van der Waals surface area contributed by atoms with Crippen molar-refractivity contribution >= 4 is 34.4 Å². The highest BCUT2D eigenvalue weighted by Crippen LogP contribution is 2.22. The zero-order chi connectivity index (χ0) is 12.3. The Morgan fingerprint density at radius 3 is 2.88 bits per heavy atom. The number of nitrogens with one attached hydrogen (secondary N) is 1. The van der Waals surface area contributed by atoms with Gasteiger partial charge in [0.05, 0.1) is 11.4 Å². The highest BCUT2D eigenvalue weighted by molar-refractivity contribution is 7.12. The van der Waals surface area contributed by atoms with Crippen molar-refractivity contribution in [3.63, 3.8) is 0 Å². The van der Waals surface area contributed by atoms with Gasteiger partial charge in [-0.15, -0.1) is 11.3 Å². The summed E-state index contributed by atoms with van der Waals surface area (Å²) in [4.78, 5) is 12.6. The zero-order valence-electron chi connectivity index (χ0n) is 9.37. The molecule has 0 aliphatic rings. The molecule has 2 rings (SSSR count). The van der Waals surface area contributed by atoms with Gasteiger partial charge in [0.2, 0.25) is 0 Å². The number of halogens is 1. The summed E-state index contributed by atoms with van der Waals surface area (Å²) in [6, 6.07) is 9.33. The minimum Gasteiger partial charge on any atom is -0.377 e. The van der Waals surface area contributed by atoms with E-state index < -0.39 is 0 Å². The predicted molar refractivity (Wildman–Crippen MR) is 73.3 cm³/mol. The molecule has 0 amide bonds. The molecule has 4 heteroatoms. The van der Waals surface area contributed by atoms with Crippen molar-refractivity contribution in [2.75, 3.05) is 11.9 Å². The van der Waals surface area contributed by atoms with Gasteiger partial charge in [-0.2, -0.15) is 0 Å². The van der Waals surface area contributed by atoms with Crippen LogP contribution in [0.5, 0.6) is 0 Å². The van der Waals surface area contributed by atoms with E-state index in [4.69, 9.17) is 11.6 Å². The van der Waals surface area contributed by atoms with Crippen LogP contribution in [0.2, 0.25) is 5.02 Å². The maximum Gasteiger partial charge on any atom is 0.191 e. The molecule has 17 heavy (non-hydrogen) atoms. The highest BCUT2D eigenvalue weighted by Gasteiger charge is 2.07. The summed E-state index contributed by atoms with van der Waals surface area (Å²) in [5.74, 6) is 0.0966. The maximum atomic E-state index is 11.8. The normalized spacial score (nSPS) is 10.2. The molecule has 0 spiro atoms. The lowest BCUT2D eigenvalue weighted by Gasteiger charge is -2.09. The Kier molecular flexibility index (Phi) is 3.82. The lowest BCUT2D eigenvalue weighted by Crippen LogP contribution is -2.13. The molecule has 0 aliphatic carbocycles. The number of Topliss-reactive ketones (excluding diaryl/α,β-unsaturated/α-hetero) is 1. The molecule has 0 radical (unpaired) electrons. The van der Waals surface area contributed by atoms with Gasteiger partial charge in [-0.3, -0.25) is 4.79 Å². The van der Waals surface area contributed by atoms with E-state index in [0.29, 0.717) is 11.6 Å². The third-order valence-electron chi connectivity index (χ3n) is 2.50. The van der Waals surface area contributed by atoms with Crippen molar-refractivity contribution in [3.8, 4) is 0 Å². The van der Waals surface area contributed by atoms with Crippen molar-refractivity contribution in [2.45, 2.75) is 6.92 Å². The van der Waals surface area contributed by atoms with E-state index >= 15 is 0 Å². The van der Waals surface area contributed by atoms with Crippen LogP contribution in [0.25, 0.3) is 0 Å². The fourth-order valence-electron chi connectivity index (χ4n) is 1.50. The Labute approximate surface area is 109 Å². The maximum absolute atomic E-state index is 11.8. The highest BCUT2D eigenvalue weighted by atomic mass is 35.5. The molecular formula is C13H12ClNOS. The van der Waals surface area contributed by atoms with Crippen molar-refractivity contribution in [3.05, 3.63) is 51.2 Å².